The van der Waals surface area contributed by atoms with Crippen LogP contribution in [0.2, 0.25) is 5.02 Å². The molecule has 0 atom stereocenters. The van der Waals surface area contributed by atoms with Gasteiger partial charge < -0.3 is 9.80 Å². The number of aromatic nitrogens is 1. The van der Waals surface area contributed by atoms with Crippen LogP contribution in [-0.4, -0.2) is 56.1 Å². The number of hydrogen-bond acceptors (Lipinski definition) is 6. The van der Waals surface area contributed by atoms with E-state index in [4.69, 9.17) is 11.6 Å². The van der Waals surface area contributed by atoms with Crippen molar-refractivity contribution in [1.82, 2.24) is 9.88 Å². The minimum absolute atomic E-state index is 0.0365. The average Bonchev–Trinajstić information content (AvgIpc) is 3.19. The summed E-state index contributed by atoms with van der Waals surface area (Å²) in [6.45, 7) is 3.85. The molecule has 0 bridgehead atoms. The van der Waals surface area contributed by atoms with Gasteiger partial charge in [-0.25, -0.2) is 13.4 Å². The standard InChI is InChI=1S/C20H20ClN3O3S2/c1-2-29(26,27)17-9-4-3-6-14(17)19(25)23-10-12-24(13-11-23)20-22-16-8-5-7-15(21)18(16)28-20/h3-9H,2,10-13H2,1H3. The lowest BCUT2D eigenvalue weighted by Crippen LogP contribution is -2.49. The van der Waals surface area contributed by atoms with E-state index in [0.29, 0.717) is 31.2 Å². The molecule has 152 valence electrons. The normalized spacial score (nSPS) is 15.1. The van der Waals surface area contributed by atoms with E-state index in [1.54, 1.807) is 41.4 Å². The van der Waals surface area contributed by atoms with Gasteiger partial charge in [0.25, 0.3) is 5.91 Å². The zero-order valence-corrected chi connectivity index (χ0v) is 18.2. The SMILES string of the molecule is CCS(=O)(=O)c1ccccc1C(=O)N1CCN(c2nc3cccc(Cl)c3s2)CC1. The summed E-state index contributed by atoms with van der Waals surface area (Å²) >= 11 is 7.80. The van der Waals surface area contributed by atoms with Crippen molar-refractivity contribution < 1.29 is 13.2 Å². The number of thiazole rings is 1. The number of rotatable bonds is 4. The Labute approximate surface area is 178 Å². The van der Waals surface area contributed by atoms with Crippen molar-refractivity contribution >= 4 is 54.0 Å². The number of benzene rings is 2. The Balaban J connectivity index is 1.51. The first-order chi connectivity index (χ1) is 13.9. The smallest absolute Gasteiger partial charge is 0.255 e. The van der Waals surface area contributed by atoms with Crippen LogP contribution in [-0.2, 0) is 9.84 Å². The van der Waals surface area contributed by atoms with E-state index in [2.05, 4.69) is 9.88 Å². The number of piperazine rings is 1. The van der Waals surface area contributed by atoms with Crippen LogP contribution >= 0.6 is 22.9 Å². The highest BCUT2D eigenvalue weighted by Gasteiger charge is 2.28. The highest BCUT2D eigenvalue weighted by Crippen LogP contribution is 2.34. The second-order valence-corrected chi connectivity index (χ2v) is 10.4. The number of carbonyl (C=O) groups is 1. The summed E-state index contributed by atoms with van der Waals surface area (Å²) in [5.74, 6) is -0.282. The van der Waals surface area contributed by atoms with E-state index in [9.17, 15) is 13.2 Å². The highest BCUT2D eigenvalue weighted by molar-refractivity contribution is 7.91. The monoisotopic (exact) mass is 449 g/mol. The second kappa shape index (κ2) is 7.93. The molecule has 1 aliphatic heterocycles. The molecule has 1 aliphatic rings. The fourth-order valence-electron chi connectivity index (χ4n) is 3.38. The van der Waals surface area contributed by atoms with Crippen LogP contribution in [0.4, 0.5) is 5.13 Å². The molecule has 1 amide bonds. The van der Waals surface area contributed by atoms with Crippen LogP contribution < -0.4 is 4.90 Å². The van der Waals surface area contributed by atoms with E-state index >= 15 is 0 Å². The van der Waals surface area contributed by atoms with Crippen LogP contribution in [0.5, 0.6) is 0 Å². The van der Waals surface area contributed by atoms with Crippen molar-refractivity contribution in [3.8, 4) is 0 Å². The Morgan fingerprint density at radius 2 is 1.83 bits per heavy atom. The summed E-state index contributed by atoms with van der Waals surface area (Å²) in [6.07, 6.45) is 0. The molecule has 29 heavy (non-hydrogen) atoms. The minimum atomic E-state index is -3.46. The number of nitrogens with zero attached hydrogens (tertiary/aromatic N) is 3. The molecular formula is C20H20ClN3O3S2. The largest absolute Gasteiger partial charge is 0.345 e. The molecule has 0 unspecified atom stereocenters. The first-order valence-electron chi connectivity index (χ1n) is 9.32. The number of amides is 1. The van der Waals surface area contributed by atoms with Crippen LogP contribution in [0.1, 0.15) is 17.3 Å². The molecule has 6 nitrogen and oxygen atoms in total. The molecule has 0 saturated carbocycles. The zero-order valence-electron chi connectivity index (χ0n) is 15.8. The lowest BCUT2D eigenvalue weighted by Gasteiger charge is -2.34. The molecule has 0 radical (unpaired) electrons. The first kappa shape index (κ1) is 20.1. The van der Waals surface area contributed by atoms with E-state index in [-0.39, 0.29) is 22.1 Å². The van der Waals surface area contributed by atoms with Crippen LogP contribution in [0.25, 0.3) is 10.2 Å². The van der Waals surface area contributed by atoms with Gasteiger partial charge in [0.15, 0.2) is 15.0 Å². The third-order valence-corrected chi connectivity index (χ3v) is 8.40. The minimum Gasteiger partial charge on any atom is -0.345 e. The lowest BCUT2D eigenvalue weighted by molar-refractivity contribution is 0.0743. The summed E-state index contributed by atoms with van der Waals surface area (Å²) in [5, 5.41) is 1.57. The Bertz CT molecular complexity index is 1170. The van der Waals surface area contributed by atoms with E-state index in [0.717, 1.165) is 15.3 Å². The van der Waals surface area contributed by atoms with Gasteiger partial charge in [-0.3, -0.25) is 4.79 Å². The topological polar surface area (TPSA) is 70.6 Å². The molecule has 1 saturated heterocycles. The number of carbonyl (C=O) groups excluding carboxylic acids is 1. The molecule has 0 spiro atoms. The Hall–Kier alpha value is -2.16. The Morgan fingerprint density at radius 3 is 2.52 bits per heavy atom. The average molecular weight is 450 g/mol. The van der Waals surface area contributed by atoms with Crippen molar-refractivity contribution in [2.75, 3.05) is 36.8 Å². The van der Waals surface area contributed by atoms with Crippen molar-refractivity contribution in [3.05, 3.63) is 53.1 Å². The number of anilines is 1. The molecular weight excluding hydrogens is 430 g/mol. The molecule has 0 aliphatic carbocycles. The van der Waals surface area contributed by atoms with Gasteiger partial charge in [-0.2, -0.15) is 0 Å². The Kier molecular flexibility index (Phi) is 5.50. The molecule has 4 rings (SSSR count). The van der Waals surface area contributed by atoms with Crippen molar-refractivity contribution in [3.63, 3.8) is 0 Å². The third kappa shape index (κ3) is 3.84. The maximum atomic E-state index is 13.0. The first-order valence-corrected chi connectivity index (χ1v) is 12.2. The Morgan fingerprint density at radius 1 is 1.10 bits per heavy atom. The summed E-state index contributed by atoms with van der Waals surface area (Å²) in [4.78, 5) is 21.6. The summed E-state index contributed by atoms with van der Waals surface area (Å²) in [5.41, 5.74) is 1.12. The van der Waals surface area contributed by atoms with Gasteiger partial charge >= 0.3 is 0 Å². The van der Waals surface area contributed by atoms with Crippen LogP contribution in [0.3, 0.4) is 0 Å². The highest BCUT2D eigenvalue weighted by atomic mass is 35.5. The van der Waals surface area contributed by atoms with Gasteiger partial charge in [-0.1, -0.05) is 48.1 Å². The third-order valence-electron chi connectivity index (χ3n) is 5.03. The van der Waals surface area contributed by atoms with Gasteiger partial charge in [-0.15, -0.1) is 0 Å². The predicted molar refractivity (Wildman–Crippen MR) is 117 cm³/mol. The van der Waals surface area contributed by atoms with E-state index < -0.39 is 9.84 Å². The van der Waals surface area contributed by atoms with Crippen molar-refractivity contribution in [2.45, 2.75) is 11.8 Å². The van der Waals surface area contributed by atoms with Crippen LogP contribution in [0.15, 0.2) is 47.4 Å². The quantitative estimate of drug-likeness (QED) is 0.607. The van der Waals surface area contributed by atoms with Crippen molar-refractivity contribution in [2.24, 2.45) is 0 Å². The lowest BCUT2D eigenvalue weighted by atomic mass is 10.2. The number of halogens is 1. The zero-order chi connectivity index (χ0) is 20.6. The molecule has 2 aromatic carbocycles. The van der Waals surface area contributed by atoms with Gasteiger partial charge in [0.2, 0.25) is 0 Å². The summed E-state index contributed by atoms with van der Waals surface area (Å²) in [7, 11) is -3.46. The maximum Gasteiger partial charge on any atom is 0.255 e. The van der Waals surface area contributed by atoms with E-state index in [1.807, 2.05) is 18.2 Å². The van der Waals surface area contributed by atoms with Gasteiger partial charge in [0.1, 0.15) is 0 Å². The van der Waals surface area contributed by atoms with Gasteiger partial charge in [-0.05, 0) is 24.3 Å². The number of sulfone groups is 1. The molecule has 0 N–H and O–H groups in total. The maximum absolute atomic E-state index is 13.0. The van der Waals surface area contributed by atoms with Gasteiger partial charge in [0.05, 0.1) is 31.5 Å². The molecule has 3 aromatic rings. The molecule has 2 heterocycles. The fraction of sp³-hybridized carbons (Fsp3) is 0.300. The summed E-state index contributed by atoms with van der Waals surface area (Å²) in [6, 6.07) is 12.1. The number of hydrogen-bond donors (Lipinski definition) is 0. The fourth-order valence-corrected chi connectivity index (χ4v) is 5.77. The summed E-state index contributed by atoms with van der Waals surface area (Å²) < 4.78 is 25.7. The van der Waals surface area contributed by atoms with E-state index in [1.165, 1.54) is 6.07 Å². The molecule has 9 heteroatoms. The molecule has 1 fully saturated rings. The predicted octanol–water partition coefficient (Wildman–Crippen LogP) is 3.71. The number of fused-ring (bicyclic) bond motifs is 1. The molecule has 1 aromatic heterocycles. The van der Waals surface area contributed by atoms with Crippen molar-refractivity contribution in [1.29, 1.82) is 0 Å². The van der Waals surface area contributed by atoms with Crippen LogP contribution in [0, 0.1) is 0 Å². The second-order valence-electron chi connectivity index (χ2n) is 6.76. The van der Waals surface area contributed by atoms with Gasteiger partial charge in [0, 0.05) is 26.2 Å².